The molecule has 1 heterocycles. The Balaban J connectivity index is 2.21. The predicted octanol–water partition coefficient (Wildman–Crippen LogP) is 6.10. The highest BCUT2D eigenvalue weighted by atomic mass is 79.9. The van der Waals surface area contributed by atoms with E-state index in [9.17, 15) is 14.4 Å². The van der Waals surface area contributed by atoms with E-state index in [-0.39, 0.29) is 25.3 Å². The Labute approximate surface area is 241 Å². The molecular formula is C29H32BrClN2O6. The number of esters is 3. The number of hydrogen-bond donors (Lipinski definition) is 1. The number of rotatable bonds is 10. The fraction of sp³-hybridized carbons (Fsp3) is 0.345. The smallest absolute Gasteiger partial charge is 0.341 e. The molecule has 0 saturated heterocycles. The minimum absolute atomic E-state index is 0.0715. The molecule has 0 fully saturated rings. The fourth-order valence-corrected chi connectivity index (χ4v) is 4.86. The molecule has 1 aromatic heterocycles. The third kappa shape index (κ3) is 7.50. The lowest BCUT2D eigenvalue weighted by atomic mass is 10.1. The van der Waals surface area contributed by atoms with Crippen LogP contribution in [0.3, 0.4) is 0 Å². The zero-order valence-electron chi connectivity index (χ0n) is 22.5. The molecule has 8 nitrogen and oxygen atoms in total. The number of carbonyl (C=O) groups is 3. The first-order chi connectivity index (χ1) is 18.5. The molecule has 1 unspecified atom stereocenters. The molecule has 39 heavy (non-hydrogen) atoms. The van der Waals surface area contributed by atoms with Gasteiger partial charge in [0.15, 0.2) is 0 Å². The van der Waals surface area contributed by atoms with Gasteiger partial charge in [-0.25, -0.2) is 14.4 Å². The van der Waals surface area contributed by atoms with Crippen LogP contribution in [0.1, 0.15) is 50.7 Å². The molecule has 0 aliphatic carbocycles. The first-order valence-corrected chi connectivity index (χ1v) is 13.7. The molecule has 1 atom stereocenters. The van der Waals surface area contributed by atoms with Crippen molar-refractivity contribution < 1.29 is 28.6 Å². The van der Waals surface area contributed by atoms with Crippen molar-refractivity contribution in [3.63, 3.8) is 0 Å². The van der Waals surface area contributed by atoms with Gasteiger partial charge in [-0.2, -0.15) is 0 Å². The summed E-state index contributed by atoms with van der Waals surface area (Å²) in [6.07, 6.45) is 0. The number of para-hydroxylation sites is 1. The Kier molecular flexibility index (Phi) is 10.4. The topological polar surface area (TPSA) is 95.9 Å². The van der Waals surface area contributed by atoms with Crippen molar-refractivity contribution in [3.05, 3.63) is 75.4 Å². The van der Waals surface area contributed by atoms with E-state index >= 15 is 0 Å². The first-order valence-electron chi connectivity index (χ1n) is 12.5. The van der Waals surface area contributed by atoms with E-state index in [1.807, 2.05) is 47.0 Å². The second-order valence-corrected chi connectivity index (χ2v) is 10.7. The third-order valence-electron chi connectivity index (χ3n) is 5.46. The van der Waals surface area contributed by atoms with Crippen LogP contribution in [0.25, 0.3) is 16.9 Å². The van der Waals surface area contributed by atoms with Gasteiger partial charge in [0.2, 0.25) is 6.04 Å². The van der Waals surface area contributed by atoms with Crippen LogP contribution >= 0.6 is 27.5 Å². The van der Waals surface area contributed by atoms with E-state index in [2.05, 4.69) is 21.2 Å². The van der Waals surface area contributed by atoms with Gasteiger partial charge in [-0.05, 0) is 80.4 Å². The van der Waals surface area contributed by atoms with E-state index in [1.165, 1.54) is 0 Å². The number of nitrogens with zero attached hydrogens (tertiary/aromatic N) is 1. The summed E-state index contributed by atoms with van der Waals surface area (Å²) in [6.45, 7) is 8.68. The lowest BCUT2D eigenvalue weighted by molar-refractivity contribution is -0.165. The Bertz CT molecular complexity index is 1320. The lowest BCUT2D eigenvalue weighted by Gasteiger charge is -2.24. The second-order valence-electron chi connectivity index (χ2n) is 9.48. The van der Waals surface area contributed by atoms with E-state index in [4.69, 9.17) is 25.8 Å². The van der Waals surface area contributed by atoms with Crippen LogP contribution in [-0.4, -0.2) is 47.3 Å². The monoisotopic (exact) mass is 618 g/mol. The van der Waals surface area contributed by atoms with Gasteiger partial charge in [-0.3, -0.25) is 5.32 Å². The zero-order chi connectivity index (χ0) is 28.7. The van der Waals surface area contributed by atoms with Crippen molar-refractivity contribution in [1.29, 1.82) is 0 Å². The van der Waals surface area contributed by atoms with Crippen LogP contribution in [0.4, 0.5) is 0 Å². The van der Waals surface area contributed by atoms with Crippen molar-refractivity contribution in [3.8, 4) is 16.9 Å². The summed E-state index contributed by atoms with van der Waals surface area (Å²) < 4.78 is 18.4. The van der Waals surface area contributed by atoms with Crippen molar-refractivity contribution in [1.82, 2.24) is 9.88 Å². The largest absolute Gasteiger partial charge is 0.464 e. The third-order valence-corrected chi connectivity index (χ3v) is 6.48. The minimum atomic E-state index is -1.42. The molecule has 0 radical (unpaired) electrons. The summed E-state index contributed by atoms with van der Waals surface area (Å²) in [5.41, 5.74) is 2.10. The standard InChI is InChI=1S/C29H32BrClN2O6/c1-6-37-26(34)22-21(17-32-24(27(35)38-7-2)28(36)39-29(3,4)5)33(20-11-9-8-10-12-20)25(23(22)30)18-13-15-19(31)16-14-18/h8-16,24,32H,6-7,17H2,1-5H3. The molecule has 0 spiro atoms. The summed E-state index contributed by atoms with van der Waals surface area (Å²) in [6, 6.07) is 15.2. The van der Waals surface area contributed by atoms with E-state index in [1.54, 1.807) is 46.8 Å². The average molecular weight is 620 g/mol. The number of benzene rings is 2. The average Bonchev–Trinajstić information content (AvgIpc) is 3.16. The van der Waals surface area contributed by atoms with Gasteiger partial charge in [-0.15, -0.1) is 0 Å². The van der Waals surface area contributed by atoms with E-state index in [0.29, 0.717) is 20.9 Å². The number of nitrogens with one attached hydrogen (secondary N) is 1. The minimum Gasteiger partial charge on any atom is -0.464 e. The van der Waals surface area contributed by atoms with Gasteiger partial charge in [0, 0.05) is 17.3 Å². The Morgan fingerprint density at radius 3 is 2.13 bits per heavy atom. The summed E-state index contributed by atoms with van der Waals surface area (Å²) in [4.78, 5) is 39.1. The molecule has 0 amide bonds. The second kappa shape index (κ2) is 13.3. The molecule has 208 valence electrons. The molecule has 0 aliphatic heterocycles. The van der Waals surface area contributed by atoms with Crippen LogP contribution in [0.5, 0.6) is 0 Å². The number of ether oxygens (including phenoxy) is 3. The maximum Gasteiger partial charge on any atom is 0.341 e. The molecule has 0 aliphatic rings. The Hall–Kier alpha value is -3.14. The first kappa shape index (κ1) is 30.4. The van der Waals surface area contributed by atoms with E-state index < -0.39 is 29.6 Å². The number of hydrogen-bond acceptors (Lipinski definition) is 7. The van der Waals surface area contributed by atoms with Gasteiger partial charge in [0.1, 0.15) is 5.60 Å². The highest BCUT2D eigenvalue weighted by molar-refractivity contribution is 9.10. The molecule has 0 bridgehead atoms. The molecular weight excluding hydrogens is 588 g/mol. The quantitative estimate of drug-likeness (QED) is 0.166. The van der Waals surface area contributed by atoms with Crippen LogP contribution < -0.4 is 5.32 Å². The molecule has 0 saturated carbocycles. The van der Waals surface area contributed by atoms with E-state index in [0.717, 1.165) is 11.3 Å². The SMILES string of the molecule is CCOC(=O)c1c(Br)c(-c2ccc(Cl)cc2)n(-c2ccccc2)c1CNC(C(=O)OCC)C(=O)OC(C)(C)C. The van der Waals surface area contributed by atoms with Gasteiger partial charge in [-0.1, -0.05) is 41.9 Å². The van der Waals surface area contributed by atoms with Crippen LogP contribution in [0.2, 0.25) is 5.02 Å². The number of halogens is 2. The fourth-order valence-electron chi connectivity index (χ4n) is 3.94. The van der Waals surface area contributed by atoms with Gasteiger partial charge in [0.05, 0.1) is 34.6 Å². The van der Waals surface area contributed by atoms with Gasteiger partial charge < -0.3 is 18.8 Å². The molecule has 3 aromatic rings. The van der Waals surface area contributed by atoms with Crippen molar-refractivity contribution in [2.75, 3.05) is 13.2 Å². The summed E-state index contributed by atoms with van der Waals surface area (Å²) in [7, 11) is 0. The molecule has 3 rings (SSSR count). The predicted molar refractivity (Wildman–Crippen MR) is 153 cm³/mol. The maximum absolute atomic E-state index is 13.3. The van der Waals surface area contributed by atoms with Crippen LogP contribution in [-0.2, 0) is 30.3 Å². The van der Waals surface area contributed by atoms with Crippen LogP contribution in [0, 0.1) is 0 Å². The molecule has 10 heteroatoms. The van der Waals surface area contributed by atoms with Crippen molar-refractivity contribution in [2.24, 2.45) is 0 Å². The summed E-state index contributed by atoms with van der Waals surface area (Å²) >= 11 is 9.79. The number of carbonyl (C=O) groups excluding carboxylic acids is 3. The van der Waals surface area contributed by atoms with Gasteiger partial charge in [0.25, 0.3) is 0 Å². The van der Waals surface area contributed by atoms with Crippen molar-refractivity contribution >= 4 is 45.4 Å². The summed E-state index contributed by atoms with van der Waals surface area (Å²) in [5, 5.41) is 3.54. The highest BCUT2D eigenvalue weighted by Crippen LogP contribution is 2.39. The molecule has 2 aromatic carbocycles. The summed E-state index contributed by atoms with van der Waals surface area (Å²) in [5.74, 6) is -2.12. The molecule has 1 N–H and O–H groups in total. The maximum atomic E-state index is 13.3. The van der Waals surface area contributed by atoms with Crippen LogP contribution in [0.15, 0.2) is 59.1 Å². The number of aromatic nitrogens is 1. The normalized spacial score (nSPS) is 12.1. The highest BCUT2D eigenvalue weighted by Gasteiger charge is 2.34. The lowest BCUT2D eigenvalue weighted by Crippen LogP contribution is -2.47. The zero-order valence-corrected chi connectivity index (χ0v) is 24.9. The Morgan fingerprint density at radius 1 is 0.949 bits per heavy atom. The van der Waals surface area contributed by atoms with Crippen molar-refractivity contribution in [2.45, 2.75) is 52.8 Å². The Morgan fingerprint density at radius 2 is 1.56 bits per heavy atom. The van der Waals surface area contributed by atoms with Gasteiger partial charge >= 0.3 is 17.9 Å².